The average molecular weight is 398 g/mol. The molecule has 0 aliphatic rings. The van der Waals surface area contributed by atoms with Gasteiger partial charge >= 0.3 is 5.69 Å². The summed E-state index contributed by atoms with van der Waals surface area (Å²) in [7, 11) is 3.61. The molecule has 1 N–H and O–H groups in total. The molecule has 7 heteroatoms. The van der Waals surface area contributed by atoms with Crippen LogP contribution in [0.5, 0.6) is 0 Å². The number of hydrogen-bond donors (Lipinski definition) is 1. The van der Waals surface area contributed by atoms with Crippen molar-refractivity contribution in [1.29, 1.82) is 0 Å². The van der Waals surface area contributed by atoms with Crippen LogP contribution in [-0.4, -0.2) is 26.1 Å². The van der Waals surface area contributed by atoms with Crippen LogP contribution in [0.15, 0.2) is 39.9 Å². The van der Waals surface area contributed by atoms with Crippen LogP contribution in [0.25, 0.3) is 11.2 Å². The Kier molecular flexibility index (Phi) is 6.90. The van der Waals surface area contributed by atoms with E-state index >= 15 is 0 Å². The Morgan fingerprint density at radius 2 is 1.72 bits per heavy atom. The van der Waals surface area contributed by atoms with Crippen LogP contribution in [0.2, 0.25) is 0 Å². The van der Waals surface area contributed by atoms with Gasteiger partial charge in [0.25, 0.3) is 5.56 Å². The highest BCUT2D eigenvalue weighted by molar-refractivity contribution is 5.74. The zero-order valence-corrected chi connectivity index (χ0v) is 17.6. The van der Waals surface area contributed by atoms with Crippen LogP contribution in [0.4, 0.5) is 5.95 Å². The van der Waals surface area contributed by atoms with Crippen molar-refractivity contribution in [2.45, 2.75) is 58.5 Å². The van der Waals surface area contributed by atoms with Gasteiger partial charge in [0.1, 0.15) is 0 Å². The number of anilines is 1. The molecule has 0 unspecified atom stereocenters. The molecule has 0 fully saturated rings. The fraction of sp³-hybridized carbons (Fsp3) is 0.500. The third kappa shape index (κ3) is 4.78. The van der Waals surface area contributed by atoms with Gasteiger partial charge < -0.3 is 9.47 Å². The van der Waals surface area contributed by atoms with Crippen LogP contribution in [0.3, 0.4) is 0 Å². The quantitative estimate of drug-likeness (QED) is 0.532. The fourth-order valence-electron chi connectivity index (χ4n) is 3.70. The first kappa shape index (κ1) is 20.9. The van der Waals surface area contributed by atoms with Crippen LogP contribution in [0, 0.1) is 0 Å². The summed E-state index contributed by atoms with van der Waals surface area (Å²) in [5, 5.41) is 0. The zero-order chi connectivity index (χ0) is 20.8. The summed E-state index contributed by atoms with van der Waals surface area (Å²) in [6.07, 6.45) is 7.03. The third-order valence-electron chi connectivity index (χ3n) is 5.33. The number of hydrogen-bond acceptors (Lipinski definition) is 4. The second-order valence-electron chi connectivity index (χ2n) is 7.66. The lowest BCUT2D eigenvalue weighted by molar-refractivity contribution is 0.561. The summed E-state index contributed by atoms with van der Waals surface area (Å²) in [5.41, 5.74) is 1.25. The van der Waals surface area contributed by atoms with Gasteiger partial charge in [-0.3, -0.25) is 14.3 Å². The minimum atomic E-state index is -0.441. The van der Waals surface area contributed by atoms with Gasteiger partial charge in [-0.05, 0) is 12.0 Å². The van der Waals surface area contributed by atoms with Crippen molar-refractivity contribution in [3.05, 3.63) is 56.7 Å². The Morgan fingerprint density at radius 3 is 2.45 bits per heavy atom. The standard InChI is InChI=1S/C22H31N5O2/c1-4-5-6-7-8-12-15-27-18-19(26(3)22(29)24-20(18)28)23-21(27)25(2)16-17-13-10-9-11-14-17/h9-11,13-14H,4-8,12,15-16H2,1-3H3,(H,24,28,29). The molecule has 2 heterocycles. The smallest absolute Gasteiger partial charge is 0.329 e. The summed E-state index contributed by atoms with van der Waals surface area (Å²) in [6, 6.07) is 10.2. The van der Waals surface area contributed by atoms with Gasteiger partial charge in [-0.25, -0.2) is 4.79 Å². The topological polar surface area (TPSA) is 75.9 Å². The maximum Gasteiger partial charge on any atom is 0.329 e. The largest absolute Gasteiger partial charge is 0.341 e. The number of aromatic nitrogens is 4. The monoisotopic (exact) mass is 397 g/mol. The molecule has 0 spiro atoms. The molecular formula is C22H31N5O2. The van der Waals surface area contributed by atoms with E-state index in [1.807, 2.05) is 34.7 Å². The lowest BCUT2D eigenvalue weighted by Gasteiger charge is -2.20. The summed E-state index contributed by atoms with van der Waals surface area (Å²) < 4.78 is 3.38. The van der Waals surface area contributed by atoms with Gasteiger partial charge in [-0.2, -0.15) is 4.98 Å². The number of rotatable bonds is 10. The van der Waals surface area contributed by atoms with Crippen molar-refractivity contribution in [1.82, 2.24) is 19.1 Å². The predicted octanol–water partition coefficient (Wildman–Crippen LogP) is 3.42. The van der Waals surface area contributed by atoms with E-state index in [0.29, 0.717) is 30.2 Å². The van der Waals surface area contributed by atoms with E-state index < -0.39 is 5.69 Å². The first-order valence-electron chi connectivity index (χ1n) is 10.5. The molecule has 0 saturated carbocycles. The average Bonchev–Trinajstić information content (AvgIpc) is 3.10. The van der Waals surface area contributed by atoms with E-state index in [0.717, 1.165) is 18.4 Å². The Hall–Kier alpha value is -2.83. The molecule has 0 atom stereocenters. The Balaban J connectivity index is 1.92. The second-order valence-corrected chi connectivity index (χ2v) is 7.66. The molecule has 0 bridgehead atoms. The van der Waals surface area contributed by atoms with Gasteiger partial charge in [-0.1, -0.05) is 69.4 Å². The second kappa shape index (κ2) is 9.58. The predicted molar refractivity (Wildman–Crippen MR) is 118 cm³/mol. The maximum absolute atomic E-state index is 12.6. The molecule has 0 saturated heterocycles. The van der Waals surface area contributed by atoms with E-state index in [9.17, 15) is 9.59 Å². The number of imidazole rings is 1. The Morgan fingerprint density at radius 1 is 1.03 bits per heavy atom. The Bertz CT molecular complexity index is 1050. The number of nitrogens with zero attached hydrogens (tertiary/aromatic N) is 4. The number of fused-ring (bicyclic) bond motifs is 1. The molecule has 156 valence electrons. The first-order valence-corrected chi connectivity index (χ1v) is 10.5. The molecule has 3 rings (SSSR count). The summed E-state index contributed by atoms with van der Waals surface area (Å²) in [6.45, 7) is 3.59. The van der Waals surface area contributed by atoms with Gasteiger partial charge in [0.2, 0.25) is 5.95 Å². The summed E-state index contributed by atoms with van der Waals surface area (Å²) >= 11 is 0. The van der Waals surface area contributed by atoms with Gasteiger partial charge in [0.15, 0.2) is 11.2 Å². The minimum absolute atomic E-state index is 0.374. The van der Waals surface area contributed by atoms with E-state index in [1.54, 1.807) is 7.05 Å². The number of benzene rings is 1. The number of H-pyrrole nitrogens is 1. The number of aryl methyl sites for hydroxylation is 2. The normalized spacial score (nSPS) is 11.3. The molecule has 0 radical (unpaired) electrons. The molecule has 3 aromatic rings. The number of unbranched alkanes of at least 4 members (excludes halogenated alkanes) is 5. The number of nitrogens with one attached hydrogen (secondary N) is 1. The minimum Gasteiger partial charge on any atom is -0.341 e. The van der Waals surface area contributed by atoms with Crippen LogP contribution in [0.1, 0.15) is 51.0 Å². The highest BCUT2D eigenvalue weighted by atomic mass is 16.2. The molecule has 0 aliphatic carbocycles. The molecule has 0 aliphatic heterocycles. The van der Waals surface area contributed by atoms with Gasteiger partial charge in [0.05, 0.1) is 0 Å². The summed E-state index contributed by atoms with van der Waals surface area (Å²) in [4.78, 5) is 33.8. The lowest BCUT2D eigenvalue weighted by atomic mass is 10.1. The molecule has 2 aromatic heterocycles. The van der Waals surface area contributed by atoms with Crippen molar-refractivity contribution in [3.63, 3.8) is 0 Å². The molecule has 1 aromatic carbocycles. The van der Waals surface area contributed by atoms with Crippen molar-refractivity contribution in [2.24, 2.45) is 7.05 Å². The highest BCUT2D eigenvalue weighted by Gasteiger charge is 2.19. The van der Waals surface area contributed by atoms with E-state index in [-0.39, 0.29) is 5.56 Å². The Labute approximate surface area is 171 Å². The van der Waals surface area contributed by atoms with E-state index in [1.165, 1.54) is 30.3 Å². The van der Waals surface area contributed by atoms with Crippen LogP contribution in [-0.2, 0) is 20.1 Å². The molecular weight excluding hydrogens is 366 g/mol. The fourth-order valence-corrected chi connectivity index (χ4v) is 3.70. The first-order chi connectivity index (χ1) is 14.0. The van der Waals surface area contributed by atoms with Crippen molar-refractivity contribution < 1.29 is 0 Å². The van der Waals surface area contributed by atoms with Crippen LogP contribution >= 0.6 is 0 Å². The van der Waals surface area contributed by atoms with Gasteiger partial charge in [0, 0.05) is 27.2 Å². The van der Waals surface area contributed by atoms with E-state index in [2.05, 4.69) is 24.0 Å². The van der Waals surface area contributed by atoms with Crippen LogP contribution < -0.4 is 16.1 Å². The van der Waals surface area contributed by atoms with Crippen molar-refractivity contribution in [2.75, 3.05) is 11.9 Å². The molecule has 29 heavy (non-hydrogen) atoms. The number of aromatic amines is 1. The molecule has 0 amide bonds. The van der Waals surface area contributed by atoms with E-state index in [4.69, 9.17) is 4.98 Å². The molecule has 7 nitrogen and oxygen atoms in total. The lowest BCUT2D eigenvalue weighted by Crippen LogP contribution is -2.29. The maximum atomic E-state index is 12.6. The highest BCUT2D eigenvalue weighted by Crippen LogP contribution is 2.21. The zero-order valence-electron chi connectivity index (χ0n) is 17.6. The van der Waals surface area contributed by atoms with Crippen molar-refractivity contribution >= 4 is 17.1 Å². The third-order valence-corrected chi connectivity index (χ3v) is 5.33. The SMILES string of the molecule is CCCCCCCCn1c(N(C)Cc2ccccc2)nc2c1c(=O)[nH]c(=O)n2C. The van der Waals surface area contributed by atoms with Gasteiger partial charge in [-0.15, -0.1) is 0 Å². The van der Waals surface area contributed by atoms with Crippen molar-refractivity contribution in [3.8, 4) is 0 Å². The summed E-state index contributed by atoms with van der Waals surface area (Å²) in [5.74, 6) is 0.712.